The van der Waals surface area contributed by atoms with Crippen LogP contribution in [-0.4, -0.2) is 46.4 Å². The van der Waals surface area contributed by atoms with Crippen molar-refractivity contribution in [1.82, 2.24) is 9.80 Å². The van der Waals surface area contributed by atoms with Gasteiger partial charge < -0.3 is 4.74 Å². The molecule has 0 spiro atoms. The highest BCUT2D eigenvalue weighted by atomic mass is 16.6. The summed E-state index contributed by atoms with van der Waals surface area (Å²) >= 11 is 0. The first kappa shape index (κ1) is 15.7. The van der Waals surface area contributed by atoms with Crippen molar-refractivity contribution in [3.8, 4) is 0 Å². The molecule has 1 heterocycles. The van der Waals surface area contributed by atoms with Crippen molar-refractivity contribution in [3.63, 3.8) is 0 Å². The van der Waals surface area contributed by atoms with E-state index in [1.165, 1.54) is 13.8 Å². The molecule has 116 valence electrons. The number of nitrogens with zero attached hydrogens (tertiary/aromatic N) is 2. The van der Waals surface area contributed by atoms with Crippen LogP contribution in [0.3, 0.4) is 0 Å². The van der Waals surface area contributed by atoms with Gasteiger partial charge in [-0.25, -0.2) is 9.69 Å². The number of rotatable bonds is 4. The van der Waals surface area contributed by atoms with E-state index in [4.69, 9.17) is 4.74 Å². The van der Waals surface area contributed by atoms with E-state index in [1.807, 2.05) is 6.07 Å². The van der Waals surface area contributed by atoms with E-state index >= 15 is 0 Å². The van der Waals surface area contributed by atoms with Crippen molar-refractivity contribution >= 4 is 23.8 Å². The minimum atomic E-state index is -1.07. The smallest absolute Gasteiger partial charge is 0.336 e. The monoisotopic (exact) mass is 304 g/mol. The van der Waals surface area contributed by atoms with Crippen molar-refractivity contribution in [1.29, 1.82) is 0 Å². The van der Waals surface area contributed by atoms with Crippen LogP contribution in [0.1, 0.15) is 19.4 Å². The Bertz CT molecular complexity index is 614. The third kappa shape index (κ3) is 3.30. The number of hydrogen-bond acceptors (Lipinski definition) is 5. The third-order valence-electron chi connectivity index (χ3n) is 3.22. The van der Waals surface area contributed by atoms with Gasteiger partial charge in [0.2, 0.25) is 5.91 Å². The Labute approximate surface area is 127 Å². The molecule has 0 N–H and O–H groups in total. The molecular formula is C15H16N2O5. The summed E-state index contributed by atoms with van der Waals surface area (Å²) in [6.07, 6.45) is -0.895. The normalized spacial score (nSPS) is 15.9. The summed E-state index contributed by atoms with van der Waals surface area (Å²) < 4.78 is 5.11. The Morgan fingerprint density at radius 1 is 1.18 bits per heavy atom. The summed E-state index contributed by atoms with van der Waals surface area (Å²) in [7, 11) is 0. The lowest BCUT2D eigenvalue weighted by Gasteiger charge is -2.25. The fraction of sp³-hybridized carbons (Fsp3) is 0.333. The van der Waals surface area contributed by atoms with E-state index in [9.17, 15) is 19.2 Å². The zero-order valence-electron chi connectivity index (χ0n) is 12.3. The maximum Gasteiger partial charge on any atom is 0.336 e. The lowest BCUT2D eigenvalue weighted by Crippen LogP contribution is -2.45. The Morgan fingerprint density at radius 2 is 1.82 bits per heavy atom. The second kappa shape index (κ2) is 6.38. The van der Waals surface area contributed by atoms with E-state index in [2.05, 4.69) is 0 Å². The molecule has 1 atom stereocenters. The summed E-state index contributed by atoms with van der Waals surface area (Å²) in [6.45, 7) is 2.07. The summed E-state index contributed by atoms with van der Waals surface area (Å²) in [6, 6.07) is 8.26. The lowest BCUT2D eigenvalue weighted by atomic mass is 10.1. The summed E-state index contributed by atoms with van der Waals surface area (Å²) in [4.78, 5) is 48.5. The van der Waals surface area contributed by atoms with Crippen LogP contribution in [0.4, 0.5) is 4.79 Å². The van der Waals surface area contributed by atoms with Crippen molar-refractivity contribution in [2.75, 3.05) is 6.54 Å². The molecule has 4 amide bonds. The minimum absolute atomic E-state index is 0.170. The second-order valence-corrected chi connectivity index (χ2v) is 4.91. The molecule has 1 aliphatic rings. The quantitative estimate of drug-likeness (QED) is 0.610. The van der Waals surface area contributed by atoms with Crippen molar-refractivity contribution < 1.29 is 23.9 Å². The molecule has 0 bridgehead atoms. The highest BCUT2D eigenvalue weighted by Crippen LogP contribution is 2.19. The number of benzene rings is 1. The number of urea groups is 1. The molecule has 1 saturated heterocycles. The Kier molecular flexibility index (Phi) is 4.55. The van der Waals surface area contributed by atoms with Crippen LogP contribution in [0.15, 0.2) is 30.3 Å². The summed E-state index contributed by atoms with van der Waals surface area (Å²) in [5.41, 5.74) is 0.802. The first-order chi connectivity index (χ1) is 10.4. The van der Waals surface area contributed by atoms with Gasteiger partial charge in [0.15, 0.2) is 6.23 Å². The third-order valence-corrected chi connectivity index (χ3v) is 3.22. The van der Waals surface area contributed by atoms with Gasteiger partial charge in [-0.2, -0.15) is 0 Å². The van der Waals surface area contributed by atoms with E-state index in [-0.39, 0.29) is 13.0 Å². The number of ether oxygens (including phenoxy) is 1. The summed E-state index contributed by atoms with van der Waals surface area (Å²) in [5, 5.41) is 0. The zero-order valence-corrected chi connectivity index (χ0v) is 12.3. The van der Waals surface area contributed by atoms with Crippen LogP contribution in [0.25, 0.3) is 0 Å². The van der Waals surface area contributed by atoms with Gasteiger partial charge in [-0.1, -0.05) is 30.3 Å². The van der Waals surface area contributed by atoms with Gasteiger partial charge >= 0.3 is 12.0 Å². The van der Waals surface area contributed by atoms with Crippen LogP contribution in [0, 0.1) is 0 Å². The number of imide groups is 2. The molecule has 1 fully saturated rings. The van der Waals surface area contributed by atoms with Crippen molar-refractivity contribution in [2.45, 2.75) is 26.5 Å². The maximum absolute atomic E-state index is 12.2. The Balaban J connectivity index is 2.25. The number of esters is 1. The number of carbonyl (C=O) groups excluding carboxylic acids is 4. The fourth-order valence-corrected chi connectivity index (χ4v) is 2.24. The van der Waals surface area contributed by atoms with Crippen LogP contribution in [0.5, 0.6) is 0 Å². The minimum Gasteiger partial charge on any atom is -0.441 e. The first-order valence-corrected chi connectivity index (χ1v) is 6.75. The van der Waals surface area contributed by atoms with Gasteiger partial charge in [-0.05, 0) is 5.56 Å². The van der Waals surface area contributed by atoms with Gasteiger partial charge in [0.1, 0.15) is 6.54 Å². The maximum atomic E-state index is 12.2. The van der Waals surface area contributed by atoms with Gasteiger partial charge in [-0.15, -0.1) is 0 Å². The van der Waals surface area contributed by atoms with Crippen LogP contribution in [0.2, 0.25) is 0 Å². The predicted molar refractivity (Wildman–Crippen MR) is 75.3 cm³/mol. The molecule has 1 unspecified atom stereocenters. The topological polar surface area (TPSA) is 84.0 Å². The molecule has 0 aromatic heterocycles. The second-order valence-electron chi connectivity index (χ2n) is 4.91. The van der Waals surface area contributed by atoms with Crippen LogP contribution >= 0.6 is 0 Å². The molecule has 1 aliphatic heterocycles. The van der Waals surface area contributed by atoms with E-state index in [0.29, 0.717) is 0 Å². The molecule has 1 aromatic rings. The molecular weight excluding hydrogens is 288 g/mol. The standard InChI is InChI=1S/C15H16N2O5/c1-10(18)16-9-13(20)17(15(16)21)14(22-11(2)19)8-12-6-4-3-5-7-12/h3-7,14H,8-9H2,1-2H3. The SMILES string of the molecule is CC(=O)OC(Cc1ccccc1)N1C(=O)CN(C(C)=O)C1=O. The average molecular weight is 304 g/mol. The number of carbonyl (C=O) groups is 4. The highest BCUT2D eigenvalue weighted by molar-refractivity contribution is 6.09. The largest absolute Gasteiger partial charge is 0.441 e. The molecule has 0 aliphatic carbocycles. The van der Waals surface area contributed by atoms with Crippen molar-refractivity contribution in [3.05, 3.63) is 35.9 Å². The van der Waals surface area contributed by atoms with Crippen LogP contribution < -0.4 is 0 Å². The molecule has 1 aromatic carbocycles. The highest BCUT2D eigenvalue weighted by Gasteiger charge is 2.43. The van der Waals surface area contributed by atoms with Gasteiger partial charge in [0.25, 0.3) is 5.91 Å². The average Bonchev–Trinajstić information content (AvgIpc) is 2.74. The number of hydrogen-bond donors (Lipinski definition) is 0. The summed E-state index contributed by atoms with van der Waals surface area (Å²) in [5.74, 6) is -1.70. The van der Waals surface area contributed by atoms with Gasteiger partial charge in [0, 0.05) is 20.3 Å². The Morgan fingerprint density at radius 3 is 2.32 bits per heavy atom. The van der Waals surface area contributed by atoms with E-state index in [1.54, 1.807) is 24.3 Å². The fourth-order valence-electron chi connectivity index (χ4n) is 2.24. The first-order valence-electron chi connectivity index (χ1n) is 6.75. The zero-order chi connectivity index (χ0) is 16.3. The van der Waals surface area contributed by atoms with Crippen molar-refractivity contribution in [2.24, 2.45) is 0 Å². The number of amides is 4. The van der Waals surface area contributed by atoms with Gasteiger partial charge in [-0.3, -0.25) is 19.3 Å². The predicted octanol–water partition coefficient (Wildman–Crippen LogP) is 0.929. The molecule has 0 saturated carbocycles. The van der Waals surface area contributed by atoms with E-state index < -0.39 is 30.0 Å². The van der Waals surface area contributed by atoms with Crippen LogP contribution in [-0.2, 0) is 25.5 Å². The molecule has 7 nitrogen and oxygen atoms in total. The van der Waals surface area contributed by atoms with Gasteiger partial charge in [0.05, 0.1) is 0 Å². The molecule has 7 heteroatoms. The molecule has 0 radical (unpaired) electrons. The Hall–Kier alpha value is -2.70. The molecule has 22 heavy (non-hydrogen) atoms. The lowest BCUT2D eigenvalue weighted by molar-refractivity contribution is -0.156. The van der Waals surface area contributed by atoms with E-state index in [0.717, 1.165) is 15.4 Å². The molecule has 2 rings (SSSR count).